The molecule has 0 saturated heterocycles. The fraction of sp³-hybridized carbons (Fsp3) is 0.160. The first-order valence-electron chi connectivity index (χ1n) is 10.3. The van der Waals surface area contributed by atoms with Crippen LogP contribution in [0.25, 0.3) is 10.8 Å². The maximum Gasteiger partial charge on any atom is 0.234 e. The predicted octanol–water partition coefficient (Wildman–Crippen LogP) is 5.36. The lowest BCUT2D eigenvalue weighted by Gasteiger charge is -2.06. The van der Waals surface area contributed by atoms with Crippen molar-refractivity contribution in [2.45, 2.75) is 12.2 Å². The van der Waals surface area contributed by atoms with Gasteiger partial charge < -0.3 is 15.4 Å². The fourth-order valence-corrected chi connectivity index (χ4v) is 4.88. The highest BCUT2D eigenvalue weighted by molar-refractivity contribution is 7.99. The van der Waals surface area contributed by atoms with E-state index in [0.29, 0.717) is 16.6 Å². The predicted molar refractivity (Wildman–Crippen MR) is 136 cm³/mol. The number of hydrogen-bond acceptors (Lipinski definition) is 6. The van der Waals surface area contributed by atoms with Gasteiger partial charge in [0.25, 0.3) is 0 Å². The quantitative estimate of drug-likeness (QED) is 0.339. The lowest BCUT2D eigenvalue weighted by Crippen LogP contribution is -2.14. The Morgan fingerprint density at radius 1 is 0.970 bits per heavy atom. The zero-order chi connectivity index (χ0) is 23.0. The van der Waals surface area contributed by atoms with Crippen LogP contribution in [0.5, 0.6) is 5.75 Å². The second kappa shape index (κ2) is 11.0. The summed E-state index contributed by atoms with van der Waals surface area (Å²) in [5, 5.41) is 10.4. The highest BCUT2D eigenvalue weighted by Crippen LogP contribution is 2.22. The summed E-state index contributed by atoms with van der Waals surface area (Å²) < 4.78 is 5.11. The summed E-state index contributed by atoms with van der Waals surface area (Å²) in [5.74, 6) is 1.46. The number of hydrogen-bond donors (Lipinski definition) is 2. The Morgan fingerprint density at radius 3 is 2.58 bits per heavy atom. The molecule has 0 bridgehead atoms. The van der Waals surface area contributed by atoms with Crippen LogP contribution in [0, 0.1) is 0 Å². The topological polar surface area (TPSA) is 80.3 Å². The molecule has 0 aliphatic carbocycles. The Morgan fingerprint density at radius 2 is 1.76 bits per heavy atom. The number of anilines is 2. The van der Waals surface area contributed by atoms with E-state index in [0.717, 1.165) is 33.5 Å². The summed E-state index contributed by atoms with van der Waals surface area (Å²) >= 11 is 2.86. The SMILES string of the molecule is COc1ccc(NC(=O)CSCc2csc(NC(=O)Cc3cccc4ccccc34)n2)cc1. The number of nitrogens with one attached hydrogen (secondary N) is 2. The second-order valence-corrected chi connectivity index (χ2v) is 9.12. The van der Waals surface area contributed by atoms with Crippen LogP contribution in [-0.4, -0.2) is 29.7 Å². The smallest absolute Gasteiger partial charge is 0.234 e. The molecule has 33 heavy (non-hydrogen) atoms. The number of thiazole rings is 1. The van der Waals surface area contributed by atoms with Crippen LogP contribution in [0.15, 0.2) is 72.1 Å². The van der Waals surface area contributed by atoms with Gasteiger partial charge in [0, 0.05) is 16.8 Å². The molecule has 8 heteroatoms. The Kier molecular flexibility index (Phi) is 7.59. The van der Waals surface area contributed by atoms with Gasteiger partial charge in [0.1, 0.15) is 5.75 Å². The van der Waals surface area contributed by atoms with Crippen molar-refractivity contribution in [3.63, 3.8) is 0 Å². The zero-order valence-electron chi connectivity index (χ0n) is 18.0. The first-order chi connectivity index (χ1) is 16.1. The Labute approximate surface area is 200 Å². The molecule has 0 atom stereocenters. The minimum absolute atomic E-state index is 0.0796. The number of carbonyl (C=O) groups excluding carboxylic acids is 2. The van der Waals surface area contributed by atoms with Crippen LogP contribution in [0.1, 0.15) is 11.3 Å². The van der Waals surface area contributed by atoms with Gasteiger partial charge >= 0.3 is 0 Å². The number of aromatic nitrogens is 1. The highest BCUT2D eigenvalue weighted by Gasteiger charge is 2.11. The Hall–Kier alpha value is -3.36. The van der Waals surface area contributed by atoms with E-state index < -0.39 is 0 Å². The molecule has 1 aromatic heterocycles. The van der Waals surface area contributed by atoms with Crippen molar-refractivity contribution in [2.75, 3.05) is 23.5 Å². The van der Waals surface area contributed by atoms with Crippen molar-refractivity contribution in [2.24, 2.45) is 0 Å². The second-order valence-electron chi connectivity index (χ2n) is 7.28. The molecule has 3 aromatic carbocycles. The third-order valence-corrected chi connectivity index (χ3v) is 6.66. The maximum atomic E-state index is 12.5. The van der Waals surface area contributed by atoms with E-state index in [4.69, 9.17) is 4.74 Å². The van der Waals surface area contributed by atoms with Crippen molar-refractivity contribution in [1.82, 2.24) is 4.98 Å². The molecule has 2 N–H and O–H groups in total. The number of nitrogens with zero attached hydrogens (tertiary/aromatic N) is 1. The average Bonchev–Trinajstić information content (AvgIpc) is 3.26. The van der Waals surface area contributed by atoms with Crippen molar-refractivity contribution >= 4 is 56.5 Å². The molecule has 0 fully saturated rings. The molecule has 1 heterocycles. The number of methoxy groups -OCH3 is 1. The number of benzene rings is 3. The molecule has 6 nitrogen and oxygen atoms in total. The van der Waals surface area contributed by atoms with Crippen molar-refractivity contribution in [1.29, 1.82) is 0 Å². The summed E-state index contributed by atoms with van der Waals surface area (Å²) in [6.07, 6.45) is 0.288. The summed E-state index contributed by atoms with van der Waals surface area (Å²) in [7, 11) is 1.60. The van der Waals surface area contributed by atoms with Gasteiger partial charge in [-0.2, -0.15) is 0 Å². The molecule has 2 amide bonds. The molecule has 0 radical (unpaired) electrons. The van der Waals surface area contributed by atoms with Crippen molar-refractivity contribution < 1.29 is 14.3 Å². The monoisotopic (exact) mass is 477 g/mol. The molecule has 168 valence electrons. The largest absolute Gasteiger partial charge is 0.497 e. The lowest BCUT2D eigenvalue weighted by atomic mass is 10.0. The van der Waals surface area contributed by atoms with Crippen LogP contribution >= 0.6 is 23.1 Å². The van der Waals surface area contributed by atoms with Crippen LogP contribution in [0.3, 0.4) is 0 Å². The van der Waals surface area contributed by atoms with E-state index in [2.05, 4.69) is 15.6 Å². The molecular formula is C25H23N3O3S2. The summed E-state index contributed by atoms with van der Waals surface area (Å²) in [6, 6.07) is 21.2. The third-order valence-electron chi connectivity index (χ3n) is 4.89. The van der Waals surface area contributed by atoms with Crippen LogP contribution in [-0.2, 0) is 21.8 Å². The average molecular weight is 478 g/mol. The highest BCUT2D eigenvalue weighted by atomic mass is 32.2. The first kappa shape index (κ1) is 22.8. The first-order valence-corrected chi connectivity index (χ1v) is 12.4. The maximum absolute atomic E-state index is 12.5. The number of fused-ring (bicyclic) bond motifs is 1. The number of amides is 2. The van der Waals surface area contributed by atoms with Gasteiger partial charge in [-0.3, -0.25) is 9.59 Å². The third kappa shape index (κ3) is 6.34. The fourth-order valence-electron chi connectivity index (χ4n) is 3.33. The number of rotatable bonds is 9. The van der Waals surface area contributed by atoms with Gasteiger partial charge in [-0.15, -0.1) is 23.1 Å². The Bertz CT molecular complexity index is 1250. The van der Waals surface area contributed by atoms with Gasteiger partial charge in [0.2, 0.25) is 11.8 Å². The summed E-state index contributed by atoms with van der Waals surface area (Å²) in [6.45, 7) is 0. The molecule has 4 rings (SSSR count). The minimum Gasteiger partial charge on any atom is -0.497 e. The normalized spacial score (nSPS) is 10.7. The summed E-state index contributed by atoms with van der Waals surface area (Å²) in [4.78, 5) is 29.2. The number of thioether (sulfide) groups is 1. The molecule has 0 spiro atoms. The van der Waals surface area contributed by atoms with Crippen LogP contribution in [0.2, 0.25) is 0 Å². The van der Waals surface area contributed by atoms with E-state index >= 15 is 0 Å². The van der Waals surface area contributed by atoms with E-state index in [1.165, 1.54) is 23.1 Å². The van der Waals surface area contributed by atoms with Gasteiger partial charge in [0.15, 0.2) is 5.13 Å². The standard InChI is InChI=1S/C25H23N3O3S2/c1-31-21-11-9-19(10-12-21)26-24(30)16-32-14-20-15-33-25(27-20)28-23(29)13-18-7-4-6-17-5-2-3-8-22(17)18/h2-12,15H,13-14,16H2,1H3,(H,26,30)(H,27,28,29). The zero-order valence-corrected chi connectivity index (χ0v) is 19.7. The van der Waals surface area contributed by atoms with Crippen molar-refractivity contribution in [3.05, 3.63) is 83.4 Å². The number of carbonyl (C=O) groups is 2. The minimum atomic E-state index is -0.0984. The van der Waals surface area contributed by atoms with Gasteiger partial charge in [-0.1, -0.05) is 42.5 Å². The molecule has 0 aliphatic rings. The van der Waals surface area contributed by atoms with E-state index in [1.807, 2.05) is 47.8 Å². The van der Waals surface area contributed by atoms with E-state index in [-0.39, 0.29) is 18.2 Å². The van der Waals surface area contributed by atoms with Crippen LogP contribution < -0.4 is 15.4 Å². The molecule has 0 aliphatic heterocycles. The molecular weight excluding hydrogens is 454 g/mol. The van der Waals surface area contributed by atoms with Crippen molar-refractivity contribution in [3.8, 4) is 5.75 Å². The van der Waals surface area contributed by atoms with Gasteiger partial charge in [-0.25, -0.2) is 4.98 Å². The Balaban J connectivity index is 1.24. The number of ether oxygens (including phenoxy) is 1. The lowest BCUT2D eigenvalue weighted by molar-refractivity contribution is -0.115. The van der Waals surface area contributed by atoms with Crippen LogP contribution in [0.4, 0.5) is 10.8 Å². The van der Waals surface area contributed by atoms with Gasteiger partial charge in [-0.05, 0) is 40.6 Å². The molecule has 0 unspecified atom stereocenters. The molecule has 4 aromatic rings. The van der Waals surface area contributed by atoms with Gasteiger partial charge in [0.05, 0.1) is 25.0 Å². The van der Waals surface area contributed by atoms with E-state index in [1.54, 1.807) is 31.4 Å². The van der Waals surface area contributed by atoms with E-state index in [9.17, 15) is 9.59 Å². The molecule has 0 saturated carbocycles. The summed E-state index contributed by atoms with van der Waals surface area (Å²) in [5.41, 5.74) is 2.55.